The molecule has 0 fully saturated rings. The largest absolute Gasteiger partial charge is 0.493 e. The van der Waals surface area contributed by atoms with Gasteiger partial charge in [0.15, 0.2) is 0 Å². The van der Waals surface area contributed by atoms with Crippen LogP contribution in [0, 0.1) is 13.8 Å². The van der Waals surface area contributed by atoms with Crippen LogP contribution in [-0.2, 0) is 17.6 Å². The van der Waals surface area contributed by atoms with Crippen molar-refractivity contribution in [2.45, 2.75) is 45.4 Å². The zero-order valence-electron chi connectivity index (χ0n) is 16.8. The molecule has 29 heavy (non-hydrogen) atoms. The van der Waals surface area contributed by atoms with Gasteiger partial charge in [-0.15, -0.1) is 11.3 Å². The predicted molar refractivity (Wildman–Crippen MR) is 116 cm³/mol. The molecule has 4 rings (SSSR count). The first-order valence-corrected chi connectivity index (χ1v) is 10.8. The fraction of sp³-hybridized carbons (Fsp3) is 0.333. The second kappa shape index (κ2) is 8.37. The summed E-state index contributed by atoms with van der Waals surface area (Å²) in [5, 5.41) is 10.1. The number of rotatable bonds is 7. The molecule has 1 unspecified atom stereocenters. The molecule has 3 aromatic rings. The third-order valence-electron chi connectivity index (χ3n) is 5.54. The molecule has 4 nitrogen and oxygen atoms in total. The van der Waals surface area contributed by atoms with E-state index >= 15 is 0 Å². The molecular formula is C24H25NO3S. The Balaban J connectivity index is 1.37. The Bertz CT molecular complexity index is 1020. The van der Waals surface area contributed by atoms with Crippen molar-refractivity contribution in [2.75, 3.05) is 6.61 Å². The SMILES string of the molecule is Cc1ccc(-c2nc(CCOc3ccc4c(c3)CCC4CC(=O)O)c(C)s2)cc1. The van der Waals surface area contributed by atoms with Crippen molar-refractivity contribution in [3.05, 3.63) is 69.7 Å². The lowest BCUT2D eigenvalue weighted by Gasteiger charge is -2.10. The van der Waals surface area contributed by atoms with E-state index in [0.29, 0.717) is 6.61 Å². The quantitative estimate of drug-likeness (QED) is 0.558. The van der Waals surface area contributed by atoms with Crippen molar-refractivity contribution in [3.63, 3.8) is 0 Å². The summed E-state index contributed by atoms with van der Waals surface area (Å²) >= 11 is 1.73. The van der Waals surface area contributed by atoms with Crippen LogP contribution in [0.25, 0.3) is 10.6 Å². The number of aryl methyl sites for hydroxylation is 3. The first-order chi connectivity index (χ1) is 14.0. The highest BCUT2D eigenvalue weighted by molar-refractivity contribution is 7.15. The number of carbonyl (C=O) groups is 1. The normalized spacial score (nSPS) is 15.3. The molecule has 5 heteroatoms. The number of aliphatic carboxylic acids is 1. The minimum absolute atomic E-state index is 0.134. The molecule has 0 saturated heterocycles. The average molecular weight is 408 g/mol. The third kappa shape index (κ3) is 4.51. The summed E-state index contributed by atoms with van der Waals surface area (Å²) in [6.07, 6.45) is 2.81. The Morgan fingerprint density at radius 3 is 2.76 bits per heavy atom. The van der Waals surface area contributed by atoms with E-state index in [1.165, 1.54) is 16.0 Å². The van der Waals surface area contributed by atoms with E-state index in [9.17, 15) is 4.79 Å². The Morgan fingerprint density at radius 2 is 2.00 bits per heavy atom. The van der Waals surface area contributed by atoms with Gasteiger partial charge in [0.25, 0.3) is 0 Å². The van der Waals surface area contributed by atoms with Crippen molar-refractivity contribution >= 4 is 17.3 Å². The fourth-order valence-corrected chi connectivity index (χ4v) is 4.91. The highest BCUT2D eigenvalue weighted by atomic mass is 32.1. The van der Waals surface area contributed by atoms with E-state index in [4.69, 9.17) is 14.8 Å². The van der Waals surface area contributed by atoms with Gasteiger partial charge in [-0.25, -0.2) is 4.98 Å². The van der Waals surface area contributed by atoms with Gasteiger partial charge in [0.2, 0.25) is 0 Å². The summed E-state index contributed by atoms with van der Waals surface area (Å²) in [5.41, 5.74) is 5.89. The van der Waals surface area contributed by atoms with Gasteiger partial charge in [-0.3, -0.25) is 4.79 Å². The van der Waals surface area contributed by atoms with Crippen molar-refractivity contribution in [1.29, 1.82) is 0 Å². The van der Waals surface area contributed by atoms with Crippen LogP contribution in [0.3, 0.4) is 0 Å². The molecule has 0 radical (unpaired) electrons. The zero-order valence-corrected chi connectivity index (χ0v) is 17.6. The molecule has 0 amide bonds. The molecule has 1 aliphatic rings. The molecular weight excluding hydrogens is 382 g/mol. The monoisotopic (exact) mass is 407 g/mol. The number of fused-ring (bicyclic) bond motifs is 1. The van der Waals surface area contributed by atoms with Crippen LogP contribution in [0.5, 0.6) is 5.75 Å². The maximum Gasteiger partial charge on any atom is 0.303 e. The maximum atomic E-state index is 11.0. The van der Waals surface area contributed by atoms with E-state index in [1.807, 2.05) is 12.1 Å². The van der Waals surface area contributed by atoms with Gasteiger partial charge in [0, 0.05) is 16.9 Å². The van der Waals surface area contributed by atoms with Crippen molar-refractivity contribution < 1.29 is 14.6 Å². The molecule has 1 heterocycles. The van der Waals surface area contributed by atoms with Crippen LogP contribution in [0.15, 0.2) is 42.5 Å². The van der Waals surface area contributed by atoms with Crippen LogP contribution in [-0.4, -0.2) is 22.7 Å². The highest BCUT2D eigenvalue weighted by Crippen LogP contribution is 2.37. The molecule has 1 aromatic heterocycles. The maximum absolute atomic E-state index is 11.0. The second-order valence-corrected chi connectivity index (χ2v) is 8.88. The van der Waals surface area contributed by atoms with Gasteiger partial charge >= 0.3 is 5.97 Å². The summed E-state index contributed by atoms with van der Waals surface area (Å²) in [6, 6.07) is 14.5. The molecule has 0 spiro atoms. The molecule has 0 aliphatic heterocycles. The van der Waals surface area contributed by atoms with Gasteiger partial charge in [0.05, 0.1) is 18.7 Å². The van der Waals surface area contributed by atoms with E-state index in [0.717, 1.165) is 46.8 Å². The van der Waals surface area contributed by atoms with Crippen LogP contribution >= 0.6 is 11.3 Å². The number of carboxylic acids is 1. The Kier molecular flexibility index (Phi) is 5.67. The van der Waals surface area contributed by atoms with Crippen molar-refractivity contribution in [3.8, 4) is 16.3 Å². The molecule has 1 atom stereocenters. The number of ether oxygens (including phenoxy) is 1. The number of carboxylic acid groups (broad SMARTS) is 1. The molecule has 0 saturated carbocycles. The lowest BCUT2D eigenvalue weighted by Crippen LogP contribution is -2.04. The summed E-state index contributed by atoms with van der Waals surface area (Å²) < 4.78 is 5.99. The lowest BCUT2D eigenvalue weighted by atomic mass is 9.98. The number of thiazole rings is 1. The minimum atomic E-state index is -0.730. The second-order valence-electron chi connectivity index (χ2n) is 7.68. The summed E-state index contributed by atoms with van der Waals surface area (Å²) in [6.45, 7) is 4.78. The number of benzene rings is 2. The third-order valence-corrected chi connectivity index (χ3v) is 6.60. The summed E-state index contributed by atoms with van der Waals surface area (Å²) in [4.78, 5) is 17.1. The van der Waals surface area contributed by atoms with Gasteiger partial charge < -0.3 is 9.84 Å². The Morgan fingerprint density at radius 1 is 1.21 bits per heavy atom. The number of hydrogen-bond donors (Lipinski definition) is 1. The van der Waals surface area contributed by atoms with E-state index in [1.54, 1.807) is 11.3 Å². The van der Waals surface area contributed by atoms with E-state index < -0.39 is 5.97 Å². The highest BCUT2D eigenvalue weighted by Gasteiger charge is 2.24. The first-order valence-electron chi connectivity index (χ1n) is 10.0. The standard InChI is InChI=1S/C24H25NO3S/c1-15-3-5-17(6-4-15)24-25-22(16(2)29-24)11-12-28-20-9-10-21-18(13-20)7-8-19(21)14-23(26)27/h3-6,9-10,13,19H,7-8,11-12,14H2,1-2H3,(H,26,27). The van der Waals surface area contributed by atoms with Crippen LogP contribution in [0.2, 0.25) is 0 Å². The molecule has 150 valence electrons. The molecule has 2 aromatic carbocycles. The molecule has 0 bridgehead atoms. The zero-order chi connectivity index (χ0) is 20.4. The van der Waals surface area contributed by atoms with Gasteiger partial charge in [-0.1, -0.05) is 35.9 Å². The number of aromatic nitrogens is 1. The van der Waals surface area contributed by atoms with Gasteiger partial charge in [0.1, 0.15) is 10.8 Å². The first kappa shape index (κ1) is 19.6. The predicted octanol–water partition coefficient (Wildman–Crippen LogP) is 5.55. The lowest BCUT2D eigenvalue weighted by molar-refractivity contribution is -0.137. The average Bonchev–Trinajstić information content (AvgIpc) is 3.25. The van der Waals surface area contributed by atoms with E-state index in [2.05, 4.69) is 44.2 Å². The van der Waals surface area contributed by atoms with E-state index in [-0.39, 0.29) is 12.3 Å². The van der Waals surface area contributed by atoms with Crippen LogP contribution < -0.4 is 4.74 Å². The number of nitrogens with zero attached hydrogens (tertiary/aromatic N) is 1. The van der Waals surface area contributed by atoms with Crippen LogP contribution in [0.4, 0.5) is 0 Å². The Labute approximate surface area is 175 Å². The van der Waals surface area contributed by atoms with Gasteiger partial charge in [-0.05, 0) is 55.9 Å². The smallest absolute Gasteiger partial charge is 0.303 e. The van der Waals surface area contributed by atoms with Crippen molar-refractivity contribution in [1.82, 2.24) is 4.98 Å². The van der Waals surface area contributed by atoms with Crippen LogP contribution in [0.1, 0.15) is 46.0 Å². The fourth-order valence-electron chi connectivity index (χ4n) is 3.94. The van der Waals surface area contributed by atoms with Crippen molar-refractivity contribution in [2.24, 2.45) is 0 Å². The topological polar surface area (TPSA) is 59.4 Å². The Hall–Kier alpha value is -2.66. The summed E-state index contributed by atoms with van der Waals surface area (Å²) in [5.74, 6) is 0.257. The van der Waals surface area contributed by atoms with Gasteiger partial charge in [-0.2, -0.15) is 0 Å². The number of hydrogen-bond acceptors (Lipinski definition) is 4. The summed E-state index contributed by atoms with van der Waals surface area (Å²) in [7, 11) is 0. The minimum Gasteiger partial charge on any atom is -0.493 e. The molecule has 1 aliphatic carbocycles. The molecule has 1 N–H and O–H groups in total.